The smallest absolute Gasteiger partial charge is 0.321 e. The van der Waals surface area contributed by atoms with Crippen molar-refractivity contribution in [2.24, 2.45) is 0 Å². The van der Waals surface area contributed by atoms with Gasteiger partial charge in [-0.15, -0.1) is 0 Å². The van der Waals surface area contributed by atoms with Crippen LogP contribution in [0, 0.1) is 5.82 Å². The summed E-state index contributed by atoms with van der Waals surface area (Å²) < 4.78 is 29.1. The number of pyridine rings is 1. The highest BCUT2D eigenvalue weighted by Crippen LogP contribution is 2.28. The summed E-state index contributed by atoms with van der Waals surface area (Å²) in [6.07, 6.45) is 5.03. The molecule has 2 aromatic heterocycles. The molecule has 2 heterocycles. The summed E-state index contributed by atoms with van der Waals surface area (Å²) >= 11 is 0. The zero-order valence-electron chi connectivity index (χ0n) is 16.1. The average molecular weight is 429 g/mol. The van der Waals surface area contributed by atoms with Gasteiger partial charge in [0.1, 0.15) is 18.1 Å². The third kappa shape index (κ3) is 4.69. The van der Waals surface area contributed by atoms with Crippen molar-refractivity contribution in [1.29, 1.82) is 0 Å². The maximum atomic E-state index is 14.5. The zero-order valence-corrected chi connectivity index (χ0v) is 17.0. The van der Waals surface area contributed by atoms with Crippen LogP contribution in [0.3, 0.4) is 0 Å². The second kappa shape index (κ2) is 9.55. The number of carboxylic acids is 1. The zero-order chi connectivity index (χ0) is 21.7. The van der Waals surface area contributed by atoms with E-state index in [1.54, 1.807) is 55.8 Å². The molecule has 3 rings (SSSR count). The number of aliphatic carboxylic acids is 1. The average Bonchev–Trinajstić information content (AvgIpc) is 3.15. The van der Waals surface area contributed by atoms with Crippen LogP contribution in [0.25, 0.3) is 11.3 Å². The van der Waals surface area contributed by atoms with Crippen molar-refractivity contribution < 1.29 is 23.3 Å². The normalized spacial score (nSPS) is 13.2. The molecular formula is C21H20FN3O4S. The largest absolute Gasteiger partial charge is 0.480 e. The van der Waals surface area contributed by atoms with Crippen LogP contribution in [-0.2, 0) is 27.1 Å². The molecule has 0 bridgehead atoms. The fraction of sp³-hybridized carbons (Fsp3) is 0.190. The standard InChI is InChI=1S/C21H20FN3O4S/c1-24(19(8-10-26)21(27)28)13-15-11-20(17-6-2-3-7-18(17)22)25(14-15)30(29)16-5-4-9-23-12-16/h2-7,9-12,14,19H,8,13H2,1H3,(H,27,28). The Kier molecular flexibility index (Phi) is 6.86. The molecule has 0 aliphatic heterocycles. The number of benzene rings is 1. The van der Waals surface area contributed by atoms with E-state index in [2.05, 4.69) is 4.98 Å². The highest BCUT2D eigenvalue weighted by Gasteiger charge is 2.24. The Labute approximate surface area is 175 Å². The summed E-state index contributed by atoms with van der Waals surface area (Å²) in [6.45, 7) is 0.170. The van der Waals surface area contributed by atoms with Crippen molar-refractivity contribution in [3.8, 4) is 11.3 Å². The van der Waals surface area contributed by atoms with Gasteiger partial charge in [0.05, 0.1) is 10.6 Å². The number of likely N-dealkylation sites (N-methyl/N-ethyl adjacent to an activating group) is 1. The van der Waals surface area contributed by atoms with Crippen molar-refractivity contribution in [1.82, 2.24) is 13.9 Å². The third-order valence-electron chi connectivity index (χ3n) is 4.58. The minimum atomic E-state index is -1.69. The first-order chi connectivity index (χ1) is 14.4. The Morgan fingerprint density at radius 3 is 2.73 bits per heavy atom. The molecule has 2 atom stereocenters. The van der Waals surface area contributed by atoms with Crippen molar-refractivity contribution in [3.63, 3.8) is 0 Å². The molecular weight excluding hydrogens is 409 g/mol. The Bertz CT molecular complexity index is 1070. The van der Waals surface area contributed by atoms with Gasteiger partial charge in [-0.25, -0.2) is 8.60 Å². The van der Waals surface area contributed by atoms with Gasteiger partial charge >= 0.3 is 5.97 Å². The van der Waals surface area contributed by atoms with Crippen molar-refractivity contribution >= 4 is 23.2 Å². The van der Waals surface area contributed by atoms with E-state index < -0.39 is 28.8 Å². The van der Waals surface area contributed by atoms with Gasteiger partial charge in [-0.2, -0.15) is 0 Å². The lowest BCUT2D eigenvalue weighted by atomic mass is 10.1. The summed E-state index contributed by atoms with van der Waals surface area (Å²) in [7, 11) is -0.104. The van der Waals surface area contributed by atoms with Crippen molar-refractivity contribution in [2.45, 2.75) is 23.9 Å². The summed E-state index contributed by atoms with van der Waals surface area (Å²) in [5.74, 6) is -1.58. The monoisotopic (exact) mass is 429 g/mol. The second-order valence-corrected chi connectivity index (χ2v) is 8.01. The van der Waals surface area contributed by atoms with Crippen LogP contribution in [0.5, 0.6) is 0 Å². The van der Waals surface area contributed by atoms with Crippen LogP contribution < -0.4 is 0 Å². The minimum Gasteiger partial charge on any atom is -0.480 e. The maximum Gasteiger partial charge on any atom is 0.321 e. The third-order valence-corrected chi connectivity index (χ3v) is 5.88. The molecule has 1 N–H and O–H groups in total. The van der Waals surface area contributed by atoms with Gasteiger partial charge in [0.15, 0.2) is 11.0 Å². The van der Waals surface area contributed by atoms with Crippen molar-refractivity contribution in [3.05, 3.63) is 72.4 Å². The van der Waals surface area contributed by atoms with E-state index in [-0.39, 0.29) is 18.5 Å². The van der Waals surface area contributed by atoms with Gasteiger partial charge in [-0.05, 0) is 42.9 Å². The summed E-state index contributed by atoms with van der Waals surface area (Å²) in [5, 5.41) is 9.35. The molecule has 3 aromatic rings. The molecule has 9 heteroatoms. The molecule has 30 heavy (non-hydrogen) atoms. The number of aldehydes is 1. The van der Waals surface area contributed by atoms with E-state index in [0.717, 1.165) is 0 Å². The van der Waals surface area contributed by atoms with Gasteiger partial charge in [-0.1, -0.05) is 12.1 Å². The number of carboxylic acid groups (broad SMARTS) is 1. The van der Waals surface area contributed by atoms with Gasteiger partial charge < -0.3 is 9.90 Å². The molecule has 0 aliphatic carbocycles. The van der Waals surface area contributed by atoms with E-state index in [0.29, 0.717) is 22.4 Å². The Morgan fingerprint density at radius 2 is 2.10 bits per heavy atom. The molecule has 0 aliphatic rings. The van der Waals surface area contributed by atoms with Gasteiger partial charge in [0.2, 0.25) is 0 Å². The molecule has 0 amide bonds. The molecule has 0 spiro atoms. The van der Waals surface area contributed by atoms with Crippen LogP contribution in [0.4, 0.5) is 4.39 Å². The number of hydrogen-bond donors (Lipinski definition) is 1. The van der Waals surface area contributed by atoms with Gasteiger partial charge in [0.25, 0.3) is 0 Å². The lowest BCUT2D eigenvalue weighted by Gasteiger charge is -2.22. The molecule has 156 valence electrons. The van der Waals surface area contributed by atoms with E-state index in [1.807, 2.05) is 0 Å². The number of rotatable bonds is 9. The summed E-state index contributed by atoms with van der Waals surface area (Å²) in [6, 6.07) is 10.1. The van der Waals surface area contributed by atoms with E-state index in [1.165, 1.54) is 21.1 Å². The molecule has 0 saturated carbocycles. The lowest BCUT2D eigenvalue weighted by molar-refractivity contribution is -0.144. The quantitative estimate of drug-likeness (QED) is 0.526. The number of aromatic nitrogens is 2. The Hall–Kier alpha value is -3.17. The predicted molar refractivity (Wildman–Crippen MR) is 109 cm³/mol. The van der Waals surface area contributed by atoms with E-state index >= 15 is 0 Å². The molecule has 2 unspecified atom stereocenters. The Balaban J connectivity index is 2.02. The van der Waals surface area contributed by atoms with Crippen LogP contribution in [0.15, 0.2) is 66.0 Å². The van der Waals surface area contributed by atoms with Gasteiger partial charge in [0, 0.05) is 37.1 Å². The lowest BCUT2D eigenvalue weighted by Crippen LogP contribution is -2.38. The predicted octanol–water partition coefficient (Wildman–Crippen LogP) is 2.73. The van der Waals surface area contributed by atoms with E-state index in [9.17, 15) is 23.3 Å². The van der Waals surface area contributed by atoms with Gasteiger partial charge in [-0.3, -0.25) is 18.7 Å². The number of hydrogen-bond acceptors (Lipinski definition) is 5. The number of halogens is 1. The minimum absolute atomic E-state index is 0.158. The fourth-order valence-corrected chi connectivity index (χ4v) is 4.24. The fourth-order valence-electron chi connectivity index (χ4n) is 3.11. The van der Waals surface area contributed by atoms with Crippen LogP contribution >= 0.6 is 0 Å². The molecule has 0 radical (unpaired) electrons. The summed E-state index contributed by atoms with van der Waals surface area (Å²) in [4.78, 5) is 28.2. The number of carbonyl (C=O) groups is 2. The van der Waals surface area contributed by atoms with Crippen LogP contribution in [-0.4, -0.2) is 48.5 Å². The summed E-state index contributed by atoms with van der Waals surface area (Å²) in [5.41, 5.74) is 1.29. The number of nitrogens with zero attached hydrogens (tertiary/aromatic N) is 3. The van der Waals surface area contributed by atoms with Crippen molar-refractivity contribution in [2.75, 3.05) is 7.05 Å². The topological polar surface area (TPSA) is 92.5 Å². The second-order valence-electron chi connectivity index (χ2n) is 6.65. The highest BCUT2D eigenvalue weighted by atomic mass is 32.2. The SMILES string of the molecule is CN(Cc1cc(-c2ccccc2F)n(S(=O)c2cccnc2)c1)C(CC=O)C(=O)O. The van der Waals surface area contributed by atoms with Crippen LogP contribution in [0.1, 0.15) is 12.0 Å². The maximum absolute atomic E-state index is 14.5. The molecule has 0 fully saturated rings. The molecule has 0 saturated heterocycles. The number of carbonyl (C=O) groups excluding carboxylic acids is 1. The first-order valence-electron chi connectivity index (χ1n) is 9.07. The highest BCUT2D eigenvalue weighted by molar-refractivity contribution is 7.83. The first-order valence-corrected chi connectivity index (χ1v) is 10.2. The van der Waals surface area contributed by atoms with E-state index in [4.69, 9.17) is 0 Å². The molecule has 7 nitrogen and oxygen atoms in total. The first kappa shape index (κ1) is 21.5. The molecule has 1 aromatic carbocycles. The Morgan fingerprint density at radius 1 is 1.33 bits per heavy atom. The van der Waals surface area contributed by atoms with Crippen LogP contribution in [0.2, 0.25) is 0 Å².